The largest absolute Gasteiger partial charge is 0.481 e. The number of anilines is 1. The van der Waals surface area contributed by atoms with Crippen LogP contribution in [-0.2, 0) is 11.0 Å². The first-order valence-corrected chi connectivity index (χ1v) is 11.3. The van der Waals surface area contributed by atoms with Crippen molar-refractivity contribution < 1.29 is 27.9 Å². The van der Waals surface area contributed by atoms with E-state index >= 15 is 0 Å². The number of carbonyl (C=O) groups excluding carboxylic acids is 1. The van der Waals surface area contributed by atoms with E-state index in [0.717, 1.165) is 17.1 Å². The molecule has 9 nitrogen and oxygen atoms in total. The van der Waals surface area contributed by atoms with Crippen LogP contribution in [0.5, 0.6) is 0 Å². The molecule has 0 aromatic carbocycles. The Hall–Kier alpha value is -3.96. The van der Waals surface area contributed by atoms with Crippen LogP contribution in [0, 0.1) is 12.8 Å². The number of nitrogens with one attached hydrogen (secondary N) is 2. The van der Waals surface area contributed by atoms with Crippen LogP contribution in [0.25, 0.3) is 5.82 Å². The molecule has 0 aliphatic heterocycles. The van der Waals surface area contributed by atoms with Gasteiger partial charge in [-0.15, -0.1) is 0 Å². The number of nitrogens with zero attached hydrogens (tertiary/aromatic N) is 4. The first-order chi connectivity index (χ1) is 16.9. The molecule has 0 radical (unpaired) electrons. The minimum Gasteiger partial charge on any atom is -0.481 e. The second kappa shape index (κ2) is 11.2. The average molecular weight is 505 g/mol. The third-order valence-corrected chi connectivity index (χ3v) is 5.26. The van der Waals surface area contributed by atoms with Crippen LogP contribution >= 0.6 is 0 Å². The number of hydrogen-bond acceptors (Lipinski definition) is 6. The van der Waals surface area contributed by atoms with E-state index < -0.39 is 23.6 Å². The van der Waals surface area contributed by atoms with Crippen molar-refractivity contribution in [3.8, 4) is 5.82 Å². The lowest BCUT2D eigenvalue weighted by molar-refractivity contribution is -0.138. The van der Waals surface area contributed by atoms with Crippen molar-refractivity contribution >= 4 is 17.6 Å². The molecule has 1 amide bonds. The number of aliphatic carboxylic acids is 1. The Kier molecular flexibility index (Phi) is 8.28. The van der Waals surface area contributed by atoms with E-state index in [1.54, 1.807) is 25.1 Å². The second-order valence-corrected chi connectivity index (χ2v) is 8.73. The molecule has 0 saturated carbocycles. The highest BCUT2D eigenvalue weighted by Crippen LogP contribution is 2.30. The van der Waals surface area contributed by atoms with Gasteiger partial charge < -0.3 is 15.7 Å². The minimum atomic E-state index is -4.49. The molecule has 3 N–H and O–H groups in total. The highest BCUT2D eigenvalue weighted by atomic mass is 19.4. The molecule has 3 heterocycles. The van der Waals surface area contributed by atoms with E-state index in [2.05, 4.69) is 39.5 Å². The predicted octanol–water partition coefficient (Wildman–Crippen LogP) is 4.39. The van der Waals surface area contributed by atoms with Gasteiger partial charge in [-0.25, -0.2) is 9.67 Å². The predicted molar refractivity (Wildman–Crippen MR) is 126 cm³/mol. The molecular weight excluding hydrogens is 477 g/mol. The van der Waals surface area contributed by atoms with Crippen molar-refractivity contribution in [2.24, 2.45) is 5.92 Å². The van der Waals surface area contributed by atoms with Crippen LogP contribution in [0.2, 0.25) is 0 Å². The van der Waals surface area contributed by atoms with E-state index in [1.165, 1.54) is 12.4 Å². The Morgan fingerprint density at radius 3 is 2.44 bits per heavy atom. The summed E-state index contributed by atoms with van der Waals surface area (Å²) in [6, 6.07) is 4.90. The number of aryl methyl sites for hydroxylation is 1. The molecule has 0 saturated heterocycles. The number of aromatic nitrogens is 4. The molecule has 3 aromatic heterocycles. The van der Waals surface area contributed by atoms with Gasteiger partial charge in [0, 0.05) is 18.9 Å². The number of pyridine rings is 2. The number of amides is 1. The molecule has 0 bridgehead atoms. The van der Waals surface area contributed by atoms with E-state index in [0.29, 0.717) is 34.8 Å². The fourth-order valence-electron chi connectivity index (χ4n) is 3.53. The normalized spacial score (nSPS) is 12.4. The number of carboxylic acids is 1. The van der Waals surface area contributed by atoms with E-state index in [1.807, 2.05) is 0 Å². The summed E-state index contributed by atoms with van der Waals surface area (Å²) in [5.41, 5.74) is 1.43. The highest BCUT2D eigenvalue weighted by molar-refractivity contribution is 5.94. The van der Waals surface area contributed by atoms with Gasteiger partial charge in [0.15, 0.2) is 5.82 Å². The third kappa shape index (κ3) is 7.03. The maximum Gasteiger partial charge on any atom is 0.419 e. The van der Waals surface area contributed by atoms with Crippen molar-refractivity contribution in [3.63, 3.8) is 0 Å². The summed E-state index contributed by atoms with van der Waals surface area (Å²) in [5.74, 6) is -0.819. The monoisotopic (exact) mass is 504 g/mol. The van der Waals surface area contributed by atoms with Crippen LogP contribution in [0.1, 0.15) is 59.9 Å². The van der Waals surface area contributed by atoms with E-state index in [9.17, 15) is 22.8 Å². The molecule has 3 aromatic rings. The summed E-state index contributed by atoms with van der Waals surface area (Å²) in [4.78, 5) is 31.5. The van der Waals surface area contributed by atoms with E-state index in [4.69, 9.17) is 5.11 Å². The topological polar surface area (TPSA) is 122 Å². The zero-order chi connectivity index (χ0) is 26.5. The number of carbonyl (C=O) groups is 2. The first-order valence-electron chi connectivity index (χ1n) is 11.3. The molecule has 3 rings (SSSR count). The van der Waals surface area contributed by atoms with Crippen LogP contribution in [0.4, 0.5) is 18.9 Å². The van der Waals surface area contributed by atoms with Gasteiger partial charge in [0.25, 0.3) is 5.91 Å². The van der Waals surface area contributed by atoms with Crippen molar-refractivity contribution in [2.45, 2.75) is 45.8 Å². The fourth-order valence-corrected chi connectivity index (χ4v) is 3.53. The Labute approximate surface area is 205 Å². The van der Waals surface area contributed by atoms with Crippen molar-refractivity contribution in [2.75, 3.05) is 11.9 Å². The number of halogens is 3. The Balaban J connectivity index is 1.75. The van der Waals surface area contributed by atoms with Crippen LogP contribution in [-0.4, -0.2) is 43.3 Å². The first kappa shape index (κ1) is 26.6. The lowest BCUT2D eigenvalue weighted by atomic mass is 10.00. The van der Waals surface area contributed by atoms with Crippen LogP contribution < -0.4 is 10.6 Å². The number of carboxylic acid groups (broad SMARTS) is 1. The number of rotatable bonds is 10. The highest BCUT2D eigenvalue weighted by Gasteiger charge is 2.32. The fraction of sp³-hybridized carbons (Fsp3) is 0.375. The Bertz CT molecular complexity index is 1210. The smallest absolute Gasteiger partial charge is 0.419 e. The standard InChI is InChI=1S/C24H27F3N6O3/c1-14(2)8-20(19-5-4-16(10-29-19)23(36)28-7-6-21(34)35)32-18-9-15(3)22(30-12-18)33-13-17(11-31-33)24(25,26)27/h4-5,9-14,20,32H,6-8H2,1-3H3,(H,28,36)(H,34,35). The molecule has 12 heteroatoms. The van der Waals surface area contributed by atoms with Crippen molar-refractivity contribution in [1.29, 1.82) is 0 Å². The van der Waals surface area contributed by atoms with Gasteiger partial charge >= 0.3 is 12.1 Å². The molecule has 0 fully saturated rings. The summed E-state index contributed by atoms with van der Waals surface area (Å²) in [5, 5.41) is 18.4. The van der Waals surface area contributed by atoms with Gasteiger partial charge in [0.05, 0.1) is 47.4 Å². The summed E-state index contributed by atoms with van der Waals surface area (Å²) in [7, 11) is 0. The maximum atomic E-state index is 12.9. The third-order valence-electron chi connectivity index (χ3n) is 5.26. The molecular formula is C24H27F3N6O3. The summed E-state index contributed by atoms with van der Waals surface area (Å²) in [6.45, 7) is 5.87. The molecule has 1 unspecified atom stereocenters. The molecule has 0 aliphatic rings. The molecule has 0 spiro atoms. The van der Waals surface area contributed by atoms with Crippen molar-refractivity contribution in [3.05, 3.63) is 65.4 Å². The lowest BCUT2D eigenvalue weighted by Gasteiger charge is -2.22. The second-order valence-electron chi connectivity index (χ2n) is 8.73. The van der Waals surface area contributed by atoms with Crippen LogP contribution in [0.15, 0.2) is 43.0 Å². The number of alkyl halides is 3. The summed E-state index contributed by atoms with van der Waals surface area (Å²) < 4.78 is 39.8. The zero-order valence-corrected chi connectivity index (χ0v) is 20.0. The summed E-state index contributed by atoms with van der Waals surface area (Å²) >= 11 is 0. The van der Waals surface area contributed by atoms with Gasteiger partial charge in [-0.2, -0.15) is 18.3 Å². The van der Waals surface area contributed by atoms with E-state index in [-0.39, 0.29) is 24.8 Å². The molecule has 1 atom stereocenters. The average Bonchev–Trinajstić information content (AvgIpc) is 3.29. The van der Waals surface area contributed by atoms with Crippen LogP contribution in [0.3, 0.4) is 0 Å². The maximum absolute atomic E-state index is 12.9. The van der Waals surface area contributed by atoms with Gasteiger partial charge in [0.1, 0.15) is 0 Å². The van der Waals surface area contributed by atoms with Crippen molar-refractivity contribution in [1.82, 2.24) is 25.1 Å². The summed E-state index contributed by atoms with van der Waals surface area (Å²) in [6.07, 6.45) is 0.665. The quantitative estimate of drug-likeness (QED) is 0.374. The van der Waals surface area contributed by atoms with Gasteiger partial charge in [0.2, 0.25) is 0 Å². The molecule has 0 aliphatic carbocycles. The molecule has 36 heavy (non-hydrogen) atoms. The molecule has 192 valence electrons. The minimum absolute atomic E-state index is 0.0197. The Morgan fingerprint density at radius 1 is 1.14 bits per heavy atom. The SMILES string of the molecule is Cc1cc(NC(CC(C)C)c2ccc(C(=O)NCCC(=O)O)cn2)cnc1-n1cc(C(F)(F)F)cn1. The Morgan fingerprint density at radius 2 is 1.89 bits per heavy atom. The lowest BCUT2D eigenvalue weighted by Crippen LogP contribution is -2.26. The van der Waals surface area contributed by atoms with Gasteiger partial charge in [-0.05, 0) is 43.0 Å². The zero-order valence-electron chi connectivity index (χ0n) is 20.0. The number of hydrogen-bond donors (Lipinski definition) is 3. The van der Waals surface area contributed by atoms with Gasteiger partial charge in [-0.1, -0.05) is 13.8 Å². The van der Waals surface area contributed by atoms with Gasteiger partial charge in [-0.3, -0.25) is 14.6 Å².